The Morgan fingerprint density at radius 2 is 1.91 bits per heavy atom. The first-order valence-electron chi connectivity index (χ1n) is 3.87. The van der Waals surface area contributed by atoms with Crippen LogP contribution in [0, 0.1) is 5.41 Å². The van der Waals surface area contributed by atoms with Crippen molar-refractivity contribution in [1.29, 1.82) is 0 Å². The van der Waals surface area contributed by atoms with Crippen LogP contribution in [0.5, 0.6) is 0 Å². The van der Waals surface area contributed by atoms with Crippen molar-refractivity contribution in [3.05, 3.63) is 24.3 Å². The highest BCUT2D eigenvalue weighted by atomic mass is 16.3. The number of aliphatic hydroxyl groups excluding tert-OH is 1. The molecule has 11 heavy (non-hydrogen) atoms. The average Bonchev–Trinajstić information content (AvgIpc) is 1.86. The molecule has 0 bridgehead atoms. The summed E-state index contributed by atoms with van der Waals surface area (Å²) in [6.07, 6.45) is 3.20. The van der Waals surface area contributed by atoms with Crippen LogP contribution in [0.4, 0.5) is 0 Å². The molecule has 64 valence electrons. The topological polar surface area (TPSA) is 20.2 Å². The van der Waals surface area contributed by atoms with Crippen LogP contribution in [-0.4, -0.2) is 11.2 Å². The van der Waals surface area contributed by atoms with E-state index in [1.165, 1.54) is 0 Å². The number of rotatable bonds is 3. The van der Waals surface area contributed by atoms with E-state index >= 15 is 0 Å². The van der Waals surface area contributed by atoms with E-state index in [9.17, 15) is 5.11 Å². The summed E-state index contributed by atoms with van der Waals surface area (Å²) in [5, 5.41) is 9.60. The number of allylic oxidation sites excluding steroid dienone is 1. The lowest BCUT2D eigenvalue weighted by Crippen LogP contribution is -2.24. The van der Waals surface area contributed by atoms with Crippen molar-refractivity contribution >= 4 is 0 Å². The lowest BCUT2D eigenvalue weighted by molar-refractivity contribution is 0.125. The van der Waals surface area contributed by atoms with Crippen LogP contribution < -0.4 is 0 Å². The minimum absolute atomic E-state index is 0.225. The molecular weight excluding hydrogens is 136 g/mol. The largest absolute Gasteiger partial charge is 0.388 e. The van der Waals surface area contributed by atoms with Gasteiger partial charge in [-0.05, 0) is 13.8 Å². The number of aliphatic hydroxyl groups is 1. The fourth-order valence-electron chi connectivity index (χ4n) is 0.651. The van der Waals surface area contributed by atoms with Crippen LogP contribution in [0.3, 0.4) is 0 Å². The smallest absolute Gasteiger partial charge is 0.0808 e. The molecule has 0 aromatic carbocycles. The Morgan fingerprint density at radius 1 is 1.45 bits per heavy atom. The number of hydrogen-bond acceptors (Lipinski definition) is 1. The van der Waals surface area contributed by atoms with Gasteiger partial charge in [0.15, 0.2) is 0 Å². The molecule has 1 atom stereocenters. The minimum Gasteiger partial charge on any atom is -0.388 e. The molecule has 0 saturated carbocycles. The molecule has 1 nitrogen and oxygen atoms in total. The third-order valence-corrected chi connectivity index (χ3v) is 1.78. The zero-order valence-corrected chi connectivity index (χ0v) is 7.89. The Hall–Kier alpha value is -0.560. The second-order valence-electron chi connectivity index (χ2n) is 3.71. The van der Waals surface area contributed by atoms with Crippen LogP contribution in [0.25, 0.3) is 0 Å². The molecule has 1 heteroatoms. The molecule has 0 fully saturated rings. The third-order valence-electron chi connectivity index (χ3n) is 1.78. The van der Waals surface area contributed by atoms with E-state index in [0.717, 1.165) is 5.57 Å². The van der Waals surface area contributed by atoms with Gasteiger partial charge in [0.05, 0.1) is 6.10 Å². The fourth-order valence-corrected chi connectivity index (χ4v) is 0.651. The Morgan fingerprint density at radius 3 is 2.18 bits per heavy atom. The van der Waals surface area contributed by atoms with Crippen LogP contribution in [-0.2, 0) is 0 Å². The fraction of sp³-hybridized carbons (Fsp3) is 0.600. The van der Waals surface area contributed by atoms with Crippen molar-refractivity contribution < 1.29 is 5.11 Å². The quantitative estimate of drug-likeness (QED) is 0.619. The highest BCUT2D eigenvalue weighted by Crippen LogP contribution is 2.23. The molecule has 0 rings (SSSR count). The molecule has 0 aliphatic rings. The van der Waals surface area contributed by atoms with Gasteiger partial charge in [0.1, 0.15) is 0 Å². The molecular formula is C10H18O. The number of hydrogen-bond donors (Lipinski definition) is 1. The van der Waals surface area contributed by atoms with Gasteiger partial charge in [-0.1, -0.05) is 31.6 Å². The summed E-state index contributed by atoms with van der Waals surface area (Å²) in [4.78, 5) is 0. The molecule has 0 aromatic heterocycles. The van der Waals surface area contributed by atoms with Crippen molar-refractivity contribution in [2.75, 3.05) is 0 Å². The maximum Gasteiger partial charge on any atom is 0.0808 e. The molecule has 0 aliphatic heterocycles. The van der Waals surface area contributed by atoms with E-state index in [2.05, 4.69) is 6.58 Å². The summed E-state index contributed by atoms with van der Waals surface area (Å²) in [5.41, 5.74) is 0.907. The van der Waals surface area contributed by atoms with Gasteiger partial charge in [0.2, 0.25) is 0 Å². The van der Waals surface area contributed by atoms with E-state index < -0.39 is 6.10 Å². The Kier molecular flexibility index (Phi) is 3.53. The molecule has 0 heterocycles. The van der Waals surface area contributed by atoms with Crippen molar-refractivity contribution in [1.82, 2.24) is 0 Å². The summed E-state index contributed by atoms with van der Waals surface area (Å²) < 4.78 is 0. The minimum atomic E-state index is -0.426. The van der Waals surface area contributed by atoms with Crippen LogP contribution in [0.2, 0.25) is 0 Å². The van der Waals surface area contributed by atoms with Gasteiger partial charge in [-0.3, -0.25) is 0 Å². The highest BCUT2D eigenvalue weighted by Gasteiger charge is 2.21. The van der Waals surface area contributed by atoms with Gasteiger partial charge in [-0.2, -0.15) is 0 Å². The maximum atomic E-state index is 9.60. The zero-order valence-electron chi connectivity index (χ0n) is 7.89. The van der Waals surface area contributed by atoms with Gasteiger partial charge >= 0.3 is 0 Å². The highest BCUT2D eigenvalue weighted by molar-refractivity contribution is 5.07. The van der Waals surface area contributed by atoms with Crippen molar-refractivity contribution in [2.24, 2.45) is 5.41 Å². The zero-order chi connectivity index (χ0) is 9.07. The van der Waals surface area contributed by atoms with Gasteiger partial charge in [0, 0.05) is 5.41 Å². The second-order valence-corrected chi connectivity index (χ2v) is 3.71. The van der Waals surface area contributed by atoms with E-state index in [1.807, 2.05) is 33.8 Å². The third kappa shape index (κ3) is 3.38. The molecule has 0 aliphatic carbocycles. The molecule has 0 spiro atoms. The predicted molar refractivity (Wildman–Crippen MR) is 49.4 cm³/mol. The standard InChI is InChI=1S/C10H18O/c1-6-10(4,5)9(11)7-8(2)3/h6-7,9,11H,1H2,2-5H3/t9-/m0/s1. The first-order chi connectivity index (χ1) is 4.90. The summed E-state index contributed by atoms with van der Waals surface area (Å²) >= 11 is 0. The first-order valence-corrected chi connectivity index (χ1v) is 3.87. The van der Waals surface area contributed by atoms with Gasteiger partial charge in [-0.25, -0.2) is 0 Å². The Balaban J connectivity index is 4.35. The van der Waals surface area contributed by atoms with Gasteiger partial charge in [0.25, 0.3) is 0 Å². The molecule has 1 N–H and O–H groups in total. The average molecular weight is 154 g/mol. The normalized spacial score (nSPS) is 13.9. The van der Waals surface area contributed by atoms with Gasteiger partial charge in [-0.15, -0.1) is 6.58 Å². The second kappa shape index (κ2) is 3.72. The lowest BCUT2D eigenvalue weighted by atomic mass is 9.86. The van der Waals surface area contributed by atoms with Crippen molar-refractivity contribution in [2.45, 2.75) is 33.8 Å². The monoisotopic (exact) mass is 154 g/mol. The molecule has 0 amide bonds. The lowest BCUT2D eigenvalue weighted by Gasteiger charge is -2.24. The Bertz CT molecular complexity index is 162. The molecule has 0 saturated heterocycles. The summed E-state index contributed by atoms with van der Waals surface area (Å²) in [6.45, 7) is 11.5. The molecule has 0 unspecified atom stereocenters. The first kappa shape index (κ1) is 10.4. The predicted octanol–water partition coefficient (Wildman–Crippen LogP) is 2.53. The van der Waals surface area contributed by atoms with Crippen molar-refractivity contribution in [3.63, 3.8) is 0 Å². The van der Waals surface area contributed by atoms with Crippen molar-refractivity contribution in [3.8, 4) is 0 Å². The molecule has 0 radical (unpaired) electrons. The summed E-state index contributed by atoms with van der Waals surface area (Å²) in [5.74, 6) is 0. The van der Waals surface area contributed by atoms with E-state index in [4.69, 9.17) is 0 Å². The van der Waals surface area contributed by atoms with Crippen LogP contribution in [0.15, 0.2) is 24.3 Å². The molecule has 0 aromatic rings. The van der Waals surface area contributed by atoms with E-state index in [1.54, 1.807) is 6.08 Å². The maximum absolute atomic E-state index is 9.60. The van der Waals surface area contributed by atoms with Crippen LogP contribution in [0.1, 0.15) is 27.7 Å². The van der Waals surface area contributed by atoms with E-state index in [0.29, 0.717) is 0 Å². The van der Waals surface area contributed by atoms with E-state index in [-0.39, 0.29) is 5.41 Å². The van der Waals surface area contributed by atoms with Gasteiger partial charge < -0.3 is 5.11 Å². The summed E-state index contributed by atoms with van der Waals surface area (Å²) in [7, 11) is 0. The van der Waals surface area contributed by atoms with Crippen LogP contribution >= 0.6 is 0 Å². The summed E-state index contributed by atoms with van der Waals surface area (Å²) in [6, 6.07) is 0. The SMILES string of the molecule is C=CC(C)(C)[C@@H](O)C=C(C)C. The Labute approximate surface area is 69.4 Å².